The number of aryl methyl sites for hydroxylation is 1. The van der Waals surface area contributed by atoms with E-state index in [9.17, 15) is 0 Å². The normalized spacial score (nSPS) is 14.0. The number of fused-ring (bicyclic) bond motifs is 1. The Morgan fingerprint density at radius 3 is 2.80 bits per heavy atom. The average Bonchev–Trinajstić information content (AvgIpc) is 2.98. The fourth-order valence-electron chi connectivity index (χ4n) is 3.09. The molecule has 0 saturated heterocycles. The Morgan fingerprint density at radius 2 is 1.92 bits per heavy atom. The highest BCUT2D eigenvalue weighted by Gasteiger charge is 2.15. The molecule has 0 bridgehead atoms. The lowest BCUT2D eigenvalue weighted by Crippen LogP contribution is -2.16. The molecule has 2 N–H and O–H groups in total. The van der Waals surface area contributed by atoms with Crippen molar-refractivity contribution in [1.82, 2.24) is 20.3 Å². The van der Waals surface area contributed by atoms with Crippen molar-refractivity contribution in [3.05, 3.63) is 58.5 Å². The van der Waals surface area contributed by atoms with E-state index in [-0.39, 0.29) is 0 Å². The van der Waals surface area contributed by atoms with Gasteiger partial charge in [-0.2, -0.15) is 0 Å². The largest absolute Gasteiger partial charge is 0.364 e. The minimum atomic E-state index is 0.680. The molecule has 0 unspecified atom stereocenters. The second-order valence-electron chi connectivity index (χ2n) is 6.16. The van der Waals surface area contributed by atoms with Gasteiger partial charge in [0.1, 0.15) is 16.6 Å². The average molecular weight is 351 g/mol. The molecule has 25 heavy (non-hydrogen) atoms. The zero-order valence-corrected chi connectivity index (χ0v) is 15.1. The first-order valence-corrected chi connectivity index (χ1v) is 9.48. The van der Waals surface area contributed by atoms with E-state index in [1.54, 1.807) is 11.3 Å². The van der Waals surface area contributed by atoms with Crippen molar-refractivity contribution in [3.63, 3.8) is 0 Å². The molecule has 3 aromatic rings. The van der Waals surface area contributed by atoms with E-state index in [4.69, 9.17) is 4.98 Å². The van der Waals surface area contributed by atoms with Crippen LogP contribution >= 0.6 is 11.3 Å². The fourth-order valence-corrected chi connectivity index (χ4v) is 3.92. The third-order valence-electron chi connectivity index (χ3n) is 4.30. The third-order valence-corrected chi connectivity index (χ3v) is 5.24. The van der Waals surface area contributed by atoms with Crippen molar-refractivity contribution in [2.24, 2.45) is 0 Å². The quantitative estimate of drug-likeness (QED) is 0.756. The lowest BCUT2D eigenvalue weighted by molar-refractivity contribution is 0.708. The Hall–Kier alpha value is -2.31. The Balaban J connectivity index is 1.52. The summed E-state index contributed by atoms with van der Waals surface area (Å²) in [5.74, 6) is 1.78. The molecule has 0 amide bonds. The standard InChI is InChI=1S/C19H21N5S/c1-13-22-17-8-10-20-9-7-16(17)18(23-13)21-11-15-12-25-19(24-15)14-5-3-2-4-6-14/h2-6,12,20H,7-11H2,1H3,(H,21,22,23). The number of hydrogen-bond acceptors (Lipinski definition) is 6. The zero-order chi connectivity index (χ0) is 17.1. The van der Waals surface area contributed by atoms with E-state index in [0.717, 1.165) is 53.8 Å². The van der Waals surface area contributed by atoms with Crippen LogP contribution in [0.5, 0.6) is 0 Å². The summed E-state index contributed by atoms with van der Waals surface area (Å²) in [6, 6.07) is 10.3. The highest BCUT2D eigenvalue weighted by Crippen LogP contribution is 2.24. The lowest BCUT2D eigenvalue weighted by atomic mass is 10.1. The van der Waals surface area contributed by atoms with Gasteiger partial charge in [-0.25, -0.2) is 15.0 Å². The van der Waals surface area contributed by atoms with Crippen LogP contribution in [0.2, 0.25) is 0 Å². The molecule has 0 spiro atoms. The molecule has 5 nitrogen and oxygen atoms in total. The molecule has 0 fully saturated rings. The van der Waals surface area contributed by atoms with E-state index in [1.165, 1.54) is 11.3 Å². The maximum atomic E-state index is 4.75. The minimum absolute atomic E-state index is 0.680. The molecular formula is C19H21N5S. The van der Waals surface area contributed by atoms with Crippen LogP contribution in [0.4, 0.5) is 5.82 Å². The number of rotatable bonds is 4. The Bertz CT molecular complexity index is 860. The van der Waals surface area contributed by atoms with Gasteiger partial charge in [-0.1, -0.05) is 30.3 Å². The molecule has 1 aromatic carbocycles. The van der Waals surface area contributed by atoms with Gasteiger partial charge in [-0.15, -0.1) is 11.3 Å². The van der Waals surface area contributed by atoms with Crippen LogP contribution in [0.3, 0.4) is 0 Å². The number of thiazole rings is 1. The van der Waals surface area contributed by atoms with Gasteiger partial charge in [0.15, 0.2) is 0 Å². The van der Waals surface area contributed by atoms with Gasteiger partial charge < -0.3 is 10.6 Å². The highest BCUT2D eigenvalue weighted by atomic mass is 32.1. The van der Waals surface area contributed by atoms with Gasteiger partial charge in [0.05, 0.1) is 17.9 Å². The monoisotopic (exact) mass is 351 g/mol. The molecular weight excluding hydrogens is 330 g/mol. The predicted octanol–water partition coefficient (Wildman–Crippen LogP) is 3.21. The Morgan fingerprint density at radius 1 is 1.08 bits per heavy atom. The predicted molar refractivity (Wildman–Crippen MR) is 102 cm³/mol. The third kappa shape index (κ3) is 3.70. The lowest BCUT2D eigenvalue weighted by Gasteiger charge is -2.13. The first kappa shape index (κ1) is 16.2. The van der Waals surface area contributed by atoms with Crippen molar-refractivity contribution in [3.8, 4) is 10.6 Å². The second-order valence-corrected chi connectivity index (χ2v) is 7.02. The van der Waals surface area contributed by atoms with Gasteiger partial charge in [-0.3, -0.25) is 0 Å². The fraction of sp³-hybridized carbons (Fsp3) is 0.316. The summed E-state index contributed by atoms with van der Waals surface area (Å²) in [4.78, 5) is 14.0. The van der Waals surface area contributed by atoms with E-state index >= 15 is 0 Å². The van der Waals surface area contributed by atoms with Gasteiger partial charge in [-0.05, 0) is 19.9 Å². The van der Waals surface area contributed by atoms with Crippen LogP contribution < -0.4 is 10.6 Å². The first-order valence-electron chi connectivity index (χ1n) is 8.60. The summed E-state index contributed by atoms with van der Waals surface area (Å²) in [6.45, 7) is 4.60. The summed E-state index contributed by atoms with van der Waals surface area (Å²) in [7, 11) is 0. The van der Waals surface area contributed by atoms with Crippen molar-refractivity contribution in [2.75, 3.05) is 18.4 Å². The van der Waals surface area contributed by atoms with E-state index in [1.807, 2.05) is 25.1 Å². The van der Waals surface area contributed by atoms with E-state index in [0.29, 0.717) is 6.54 Å². The number of nitrogens with one attached hydrogen (secondary N) is 2. The van der Waals surface area contributed by atoms with E-state index < -0.39 is 0 Å². The van der Waals surface area contributed by atoms with Crippen LogP contribution in [0.1, 0.15) is 22.8 Å². The first-order chi connectivity index (χ1) is 12.3. The van der Waals surface area contributed by atoms with Crippen molar-refractivity contribution >= 4 is 17.2 Å². The second kappa shape index (κ2) is 7.29. The molecule has 1 aliphatic rings. The summed E-state index contributed by atoms with van der Waals surface area (Å²) in [5.41, 5.74) is 4.62. The molecule has 0 aliphatic carbocycles. The summed E-state index contributed by atoms with van der Waals surface area (Å²) in [5, 5.41) is 10.1. The Kier molecular flexibility index (Phi) is 4.72. The van der Waals surface area contributed by atoms with E-state index in [2.05, 4.69) is 38.1 Å². The number of anilines is 1. The zero-order valence-electron chi connectivity index (χ0n) is 14.2. The maximum Gasteiger partial charge on any atom is 0.133 e. The maximum absolute atomic E-state index is 4.75. The van der Waals surface area contributed by atoms with Crippen LogP contribution in [-0.4, -0.2) is 28.0 Å². The molecule has 0 atom stereocenters. The SMILES string of the molecule is Cc1nc2c(c(NCc3csc(-c4ccccc4)n3)n1)CCNCC2. The Labute approximate surface area is 151 Å². The summed E-state index contributed by atoms with van der Waals surface area (Å²) < 4.78 is 0. The molecule has 128 valence electrons. The van der Waals surface area contributed by atoms with Crippen LogP contribution in [0.15, 0.2) is 35.7 Å². The van der Waals surface area contributed by atoms with Gasteiger partial charge >= 0.3 is 0 Å². The topological polar surface area (TPSA) is 62.7 Å². The summed E-state index contributed by atoms with van der Waals surface area (Å²) in [6.07, 6.45) is 1.92. The number of hydrogen-bond donors (Lipinski definition) is 2. The highest BCUT2D eigenvalue weighted by molar-refractivity contribution is 7.13. The smallest absolute Gasteiger partial charge is 0.133 e. The number of benzene rings is 1. The molecule has 1 aliphatic heterocycles. The van der Waals surface area contributed by atoms with Crippen molar-refractivity contribution in [1.29, 1.82) is 0 Å². The molecule has 0 saturated carbocycles. The molecule has 0 radical (unpaired) electrons. The van der Waals surface area contributed by atoms with Crippen LogP contribution in [0.25, 0.3) is 10.6 Å². The van der Waals surface area contributed by atoms with Crippen molar-refractivity contribution in [2.45, 2.75) is 26.3 Å². The minimum Gasteiger partial charge on any atom is -0.364 e. The van der Waals surface area contributed by atoms with Gasteiger partial charge in [0.2, 0.25) is 0 Å². The molecule has 4 rings (SSSR count). The molecule has 3 heterocycles. The van der Waals surface area contributed by atoms with Crippen LogP contribution in [0, 0.1) is 6.92 Å². The summed E-state index contributed by atoms with van der Waals surface area (Å²) >= 11 is 1.68. The van der Waals surface area contributed by atoms with Gasteiger partial charge in [0, 0.05) is 29.5 Å². The van der Waals surface area contributed by atoms with Crippen LogP contribution in [-0.2, 0) is 19.4 Å². The van der Waals surface area contributed by atoms with Crippen molar-refractivity contribution < 1.29 is 0 Å². The van der Waals surface area contributed by atoms with Gasteiger partial charge in [0.25, 0.3) is 0 Å². The number of aromatic nitrogens is 3. The number of nitrogens with zero attached hydrogens (tertiary/aromatic N) is 3. The molecule has 6 heteroatoms. The molecule has 2 aromatic heterocycles.